The van der Waals surface area contributed by atoms with Gasteiger partial charge in [-0.2, -0.15) is 0 Å². The summed E-state index contributed by atoms with van der Waals surface area (Å²) in [6.07, 6.45) is -1.42. The average Bonchev–Trinajstić information content (AvgIpc) is 2.91. The van der Waals surface area contributed by atoms with Gasteiger partial charge in [0, 0.05) is 7.05 Å². The Labute approximate surface area is 199 Å². The van der Waals surface area contributed by atoms with Crippen molar-refractivity contribution in [3.63, 3.8) is 0 Å². The molecular weight excluding hydrogens is 545 g/mol. The summed E-state index contributed by atoms with van der Waals surface area (Å²) >= 11 is 27.0. The van der Waals surface area contributed by atoms with E-state index in [9.17, 15) is 14.0 Å². The number of imide groups is 1. The Balaban J connectivity index is 2.07. The van der Waals surface area contributed by atoms with E-state index < -0.39 is 27.7 Å². The number of urea groups is 1. The van der Waals surface area contributed by atoms with Crippen molar-refractivity contribution in [2.75, 3.05) is 17.3 Å². The van der Waals surface area contributed by atoms with E-state index in [4.69, 9.17) is 46.4 Å². The average molecular weight is 557 g/mol. The van der Waals surface area contributed by atoms with Gasteiger partial charge in [0.15, 0.2) is 12.0 Å². The fourth-order valence-corrected chi connectivity index (χ4v) is 3.39. The SMILES string of the molecule is CN1C(=O)/C(=N\C(Nc2ccc(Cl)c(Br)c2F)C(Cl)(Cl)Cl)N(c2ccccc2)C1=O. The van der Waals surface area contributed by atoms with Crippen molar-refractivity contribution in [1.82, 2.24) is 4.90 Å². The number of aliphatic imine (C=N–C) groups is 1. The van der Waals surface area contributed by atoms with E-state index in [1.165, 1.54) is 19.2 Å². The molecule has 0 saturated carbocycles. The van der Waals surface area contributed by atoms with E-state index in [1.807, 2.05) is 0 Å². The summed E-state index contributed by atoms with van der Waals surface area (Å²) in [5, 5.41) is 2.79. The molecule has 0 spiro atoms. The van der Waals surface area contributed by atoms with Crippen molar-refractivity contribution in [3.05, 3.63) is 57.8 Å². The van der Waals surface area contributed by atoms with Crippen LogP contribution in [0.1, 0.15) is 0 Å². The lowest BCUT2D eigenvalue weighted by Gasteiger charge is -2.25. The van der Waals surface area contributed by atoms with Crippen molar-refractivity contribution in [1.29, 1.82) is 0 Å². The Bertz CT molecular complexity index is 1030. The minimum atomic E-state index is -2.10. The van der Waals surface area contributed by atoms with Crippen LogP contribution in [0.3, 0.4) is 0 Å². The zero-order valence-corrected chi connectivity index (χ0v) is 19.7. The third kappa shape index (κ3) is 4.53. The molecule has 1 unspecified atom stereocenters. The summed E-state index contributed by atoms with van der Waals surface area (Å²) < 4.78 is 12.5. The number of amides is 3. The normalized spacial score (nSPS) is 17.1. The molecule has 1 aliphatic rings. The Morgan fingerprint density at radius 1 is 1.13 bits per heavy atom. The van der Waals surface area contributed by atoms with Gasteiger partial charge in [0.25, 0.3) is 5.91 Å². The first kappa shape index (κ1) is 23.1. The van der Waals surface area contributed by atoms with Crippen LogP contribution < -0.4 is 10.2 Å². The van der Waals surface area contributed by atoms with E-state index in [1.54, 1.807) is 30.3 Å². The number of hydrogen-bond acceptors (Lipinski definition) is 4. The van der Waals surface area contributed by atoms with Gasteiger partial charge in [-0.3, -0.25) is 9.69 Å². The molecule has 3 amide bonds. The summed E-state index contributed by atoms with van der Waals surface area (Å²) in [7, 11) is 1.30. The lowest BCUT2D eigenvalue weighted by Crippen LogP contribution is -2.38. The number of alkyl halides is 3. The molecule has 1 aliphatic heterocycles. The van der Waals surface area contributed by atoms with Crippen LogP contribution in [-0.4, -0.2) is 39.7 Å². The number of halogens is 6. The molecule has 0 aromatic heterocycles. The van der Waals surface area contributed by atoms with Crippen molar-refractivity contribution >= 4 is 91.5 Å². The van der Waals surface area contributed by atoms with E-state index >= 15 is 0 Å². The Hall–Kier alpha value is -1.58. The van der Waals surface area contributed by atoms with Crippen LogP contribution in [0.4, 0.5) is 20.6 Å². The lowest BCUT2D eigenvalue weighted by molar-refractivity contribution is -0.119. The van der Waals surface area contributed by atoms with Gasteiger partial charge in [-0.1, -0.05) is 64.6 Å². The fraction of sp³-hybridized carbons (Fsp3) is 0.167. The van der Waals surface area contributed by atoms with Crippen molar-refractivity contribution in [2.45, 2.75) is 9.96 Å². The van der Waals surface area contributed by atoms with Crippen molar-refractivity contribution < 1.29 is 14.0 Å². The second-order valence-electron chi connectivity index (χ2n) is 6.08. The standard InChI is InChI=1S/C18H12BrCl4FN4O2/c1-27-15(29)14(28(17(27)30)9-5-3-2-4-6-9)26-16(18(21,22)23)25-11-8-7-10(20)12(19)13(11)24/h2-8,16,25H,1H3/b26-14+. The summed E-state index contributed by atoms with van der Waals surface area (Å²) in [5.41, 5.74) is 0.311. The predicted octanol–water partition coefficient (Wildman–Crippen LogP) is 5.85. The molecule has 0 bridgehead atoms. The van der Waals surface area contributed by atoms with E-state index in [2.05, 4.69) is 26.2 Å². The van der Waals surface area contributed by atoms with Crippen LogP contribution in [0.5, 0.6) is 0 Å². The first-order chi connectivity index (χ1) is 14.0. The van der Waals surface area contributed by atoms with Crippen LogP contribution in [0, 0.1) is 5.82 Å². The Morgan fingerprint density at radius 2 is 1.77 bits per heavy atom. The highest BCUT2D eigenvalue weighted by Gasteiger charge is 2.44. The highest BCUT2D eigenvalue weighted by atomic mass is 79.9. The number of nitrogens with zero attached hydrogens (tertiary/aromatic N) is 3. The molecule has 1 atom stereocenters. The van der Waals surface area contributed by atoms with Crippen molar-refractivity contribution in [2.24, 2.45) is 4.99 Å². The number of rotatable bonds is 4. The molecule has 1 heterocycles. The van der Waals surface area contributed by atoms with Gasteiger partial charge in [-0.15, -0.1) is 0 Å². The number of nitrogens with one attached hydrogen (secondary N) is 1. The molecule has 30 heavy (non-hydrogen) atoms. The van der Waals surface area contributed by atoms with Crippen LogP contribution >= 0.6 is 62.3 Å². The number of anilines is 2. The van der Waals surface area contributed by atoms with Crippen molar-refractivity contribution in [3.8, 4) is 0 Å². The molecule has 3 rings (SSSR count). The van der Waals surface area contributed by atoms with Gasteiger partial charge in [0.05, 0.1) is 20.9 Å². The fourth-order valence-electron chi connectivity index (χ4n) is 2.59. The first-order valence-corrected chi connectivity index (χ1v) is 10.5. The quantitative estimate of drug-likeness (QED) is 0.292. The number of carbonyl (C=O) groups excluding carboxylic acids is 2. The van der Waals surface area contributed by atoms with E-state index in [0.29, 0.717) is 5.69 Å². The molecule has 12 heteroatoms. The zero-order valence-electron chi connectivity index (χ0n) is 15.0. The molecule has 1 N–H and O–H groups in total. The van der Waals surface area contributed by atoms with Gasteiger partial charge in [-0.25, -0.2) is 19.1 Å². The highest BCUT2D eigenvalue weighted by molar-refractivity contribution is 9.10. The number of likely N-dealkylation sites (N-methyl/N-ethyl adjacent to an activating group) is 1. The summed E-state index contributed by atoms with van der Waals surface area (Å²) in [5.74, 6) is -1.73. The Kier molecular flexibility index (Phi) is 6.84. The van der Waals surface area contributed by atoms with Crippen LogP contribution in [0.2, 0.25) is 5.02 Å². The van der Waals surface area contributed by atoms with Gasteiger partial charge < -0.3 is 5.32 Å². The van der Waals surface area contributed by atoms with Gasteiger partial charge in [0.2, 0.25) is 9.63 Å². The third-order valence-electron chi connectivity index (χ3n) is 4.09. The molecule has 1 fully saturated rings. The zero-order chi connectivity index (χ0) is 22.2. The molecule has 0 radical (unpaired) electrons. The number of amidine groups is 1. The maximum atomic E-state index is 14.6. The van der Waals surface area contributed by atoms with Gasteiger partial charge in [-0.05, 0) is 40.2 Å². The summed E-state index contributed by atoms with van der Waals surface area (Å²) in [4.78, 5) is 31.4. The number of carbonyl (C=O) groups is 2. The van der Waals surface area contributed by atoms with Gasteiger partial charge >= 0.3 is 6.03 Å². The molecule has 2 aromatic rings. The number of para-hydroxylation sites is 1. The maximum absolute atomic E-state index is 14.6. The topological polar surface area (TPSA) is 65.0 Å². The summed E-state index contributed by atoms with van der Waals surface area (Å²) in [6, 6.07) is 10.5. The lowest BCUT2D eigenvalue weighted by atomic mass is 10.3. The van der Waals surface area contributed by atoms with Crippen LogP contribution in [0.25, 0.3) is 0 Å². The third-order valence-corrected chi connectivity index (χ3v) is 6.03. The number of benzene rings is 2. The minimum absolute atomic E-state index is 0.00246. The molecule has 0 aliphatic carbocycles. The van der Waals surface area contributed by atoms with Gasteiger partial charge in [0.1, 0.15) is 0 Å². The van der Waals surface area contributed by atoms with E-state index in [-0.39, 0.29) is 21.0 Å². The number of hydrogen-bond donors (Lipinski definition) is 1. The van der Waals surface area contributed by atoms with E-state index in [0.717, 1.165) is 9.80 Å². The second kappa shape index (κ2) is 8.88. The molecular formula is C18H12BrCl4FN4O2. The van der Waals surface area contributed by atoms with Crippen LogP contribution in [0.15, 0.2) is 51.9 Å². The Morgan fingerprint density at radius 3 is 2.37 bits per heavy atom. The first-order valence-electron chi connectivity index (χ1n) is 8.24. The molecule has 1 saturated heterocycles. The largest absolute Gasteiger partial charge is 0.358 e. The second-order valence-corrected chi connectivity index (χ2v) is 9.65. The summed E-state index contributed by atoms with van der Waals surface area (Å²) in [6.45, 7) is 0. The predicted molar refractivity (Wildman–Crippen MR) is 121 cm³/mol. The highest BCUT2D eigenvalue weighted by Crippen LogP contribution is 2.37. The molecule has 158 valence electrons. The minimum Gasteiger partial charge on any atom is -0.358 e. The molecule has 6 nitrogen and oxygen atoms in total. The monoisotopic (exact) mass is 554 g/mol. The smallest absolute Gasteiger partial charge is 0.337 e. The molecule has 2 aromatic carbocycles. The van der Waals surface area contributed by atoms with Crippen LogP contribution in [-0.2, 0) is 4.79 Å². The maximum Gasteiger partial charge on any atom is 0.337 e.